The van der Waals surface area contributed by atoms with Crippen molar-refractivity contribution < 1.29 is 4.74 Å². The van der Waals surface area contributed by atoms with E-state index in [1.54, 1.807) is 23.7 Å². The Labute approximate surface area is 129 Å². The molecule has 2 aromatic heterocycles. The quantitative estimate of drug-likeness (QED) is 0.866. The van der Waals surface area contributed by atoms with E-state index in [4.69, 9.17) is 4.74 Å². The summed E-state index contributed by atoms with van der Waals surface area (Å²) in [5.74, 6) is 0.889. The molecule has 3 rings (SSSR count). The van der Waals surface area contributed by atoms with Gasteiger partial charge >= 0.3 is 0 Å². The van der Waals surface area contributed by atoms with Gasteiger partial charge < -0.3 is 9.64 Å². The number of morpholine rings is 1. The molecule has 1 aliphatic heterocycles. The van der Waals surface area contributed by atoms with Crippen molar-refractivity contribution in [2.24, 2.45) is 0 Å². The molecule has 1 saturated heterocycles. The Kier molecular flexibility index (Phi) is 4.48. The zero-order valence-corrected chi connectivity index (χ0v) is 13.2. The fourth-order valence-electron chi connectivity index (χ4n) is 2.55. The van der Waals surface area contributed by atoms with Crippen molar-refractivity contribution >= 4 is 17.2 Å². The van der Waals surface area contributed by atoms with Gasteiger partial charge in [0.05, 0.1) is 6.61 Å². The van der Waals surface area contributed by atoms with Crippen molar-refractivity contribution in [1.29, 1.82) is 0 Å². The highest BCUT2D eigenvalue weighted by atomic mass is 32.1. The van der Waals surface area contributed by atoms with Gasteiger partial charge in [0.25, 0.3) is 0 Å². The molecule has 5 nitrogen and oxygen atoms in total. The molecule has 1 fully saturated rings. The molecule has 0 amide bonds. The highest BCUT2D eigenvalue weighted by Crippen LogP contribution is 2.27. The lowest BCUT2D eigenvalue weighted by atomic mass is 10.2. The van der Waals surface area contributed by atoms with E-state index in [2.05, 4.69) is 32.4 Å². The summed E-state index contributed by atoms with van der Waals surface area (Å²) in [6.45, 7) is 3.54. The lowest BCUT2D eigenvalue weighted by Crippen LogP contribution is -2.38. The van der Waals surface area contributed by atoms with Gasteiger partial charge in [0.1, 0.15) is 11.8 Å². The molecule has 0 saturated carbocycles. The first kappa shape index (κ1) is 14.4. The number of rotatable bonds is 4. The lowest BCUT2D eigenvalue weighted by Gasteiger charge is -2.33. The molecule has 21 heavy (non-hydrogen) atoms. The Morgan fingerprint density at radius 2 is 2.24 bits per heavy atom. The van der Waals surface area contributed by atoms with E-state index >= 15 is 0 Å². The lowest BCUT2D eigenvalue weighted by molar-refractivity contribution is -0.0345. The maximum Gasteiger partial charge on any atom is 0.152 e. The largest absolute Gasteiger partial charge is 0.369 e. The van der Waals surface area contributed by atoms with Crippen molar-refractivity contribution in [3.63, 3.8) is 0 Å². The number of anilines is 1. The standard InChI is InChI=1S/C15H20N4OS/c1-18(2)15-14(16-5-6-17-15)13-11-19(7-8-20-13)10-12-4-3-9-21-12/h3-6,9,13H,7-8,10-11H2,1-2H3. The Balaban J connectivity index is 1.74. The first-order valence-corrected chi connectivity index (χ1v) is 7.96. The second-order valence-corrected chi connectivity index (χ2v) is 6.37. The molecule has 1 atom stereocenters. The summed E-state index contributed by atoms with van der Waals surface area (Å²) >= 11 is 1.80. The predicted octanol–water partition coefficient (Wildman–Crippen LogP) is 2.18. The molecule has 3 heterocycles. The first-order valence-electron chi connectivity index (χ1n) is 7.08. The van der Waals surface area contributed by atoms with Crippen LogP contribution in [0.3, 0.4) is 0 Å². The van der Waals surface area contributed by atoms with Gasteiger partial charge in [-0.1, -0.05) is 6.07 Å². The summed E-state index contributed by atoms with van der Waals surface area (Å²) in [5, 5.41) is 2.13. The normalized spacial score (nSPS) is 19.6. The van der Waals surface area contributed by atoms with Crippen LogP contribution in [0.4, 0.5) is 5.82 Å². The van der Waals surface area contributed by atoms with Crippen molar-refractivity contribution in [1.82, 2.24) is 14.9 Å². The molecular weight excluding hydrogens is 284 g/mol. The van der Waals surface area contributed by atoms with Crippen LogP contribution in [-0.4, -0.2) is 48.7 Å². The molecule has 0 radical (unpaired) electrons. The van der Waals surface area contributed by atoms with Crippen molar-refractivity contribution in [2.75, 3.05) is 38.7 Å². The minimum Gasteiger partial charge on any atom is -0.369 e. The molecule has 0 bridgehead atoms. The van der Waals surface area contributed by atoms with Crippen molar-refractivity contribution in [3.05, 3.63) is 40.5 Å². The maximum absolute atomic E-state index is 5.94. The van der Waals surface area contributed by atoms with Crippen LogP contribution in [0.25, 0.3) is 0 Å². The van der Waals surface area contributed by atoms with Crippen LogP contribution < -0.4 is 4.90 Å². The smallest absolute Gasteiger partial charge is 0.152 e. The summed E-state index contributed by atoms with van der Waals surface area (Å²) < 4.78 is 5.94. The summed E-state index contributed by atoms with van der Waals surface area (Å²) in [7, 11) is 3.97. The summed E-state index contributed by atoms with van der Waals surface area (Å²) in [5.41, 5.74) is 0.929. The molecule has 1 aliphatic rings. The summed E-state index contributed by atoms with van der Waals surface area (Å²) in [6.07, 6.45) is 3.46. The van der Waals surface area contributed by atoms with Crippen LogP contribution in [0, 0.1) is 0 Å². The second kappa shape index (κ2) is 6.51. The topological polar surface area (TPSA) is 41.5 Å². The number of hydrogen-bond acceptors (Lipinski definition) is 6. The monoisotopic (exact) mass is 304 g/mol. The predicted molar refractivity (Wildman–Crippen MR) is 84.6 cm³/mol. The Morgan fingerprint density at radius 1 is 1.38 bits per heavy atom. The van der Waals surface area contributed by atoms with Gasteiger partial charge in [-0.2, -0.15) is 0 Å². The summed E-state index contributed by atoms with van der Waals surface area (Å²) in [4.78, 5) is 14.7. The number of thiophene rings is 1. The van der Waals surface area contributed by atoms with Crippen LogP contribution >= 0.6 is 11.3 Å². The van der Waals surface area contributed by atoms with Gasteiger partial charge in [0.2, 0.25) is 0 Å². The highest BCUT2D eigenvalue weighted by Gasteiger charge is 2.26. The van der Waals surface area contributed by atoms with E-state index in [0.717, 1.165) is 37.8 Å². The Bertz CT molecular complexity index is 573. The van der Waals surface area contributed by atoms with E-state index in [1.807, 2.05) is 19.0 Å². The average molecular weight is 304 g/mol. The van der Waals surface area contributed by atoms with E-state index in [0.29, 0.717) is 0 Å². The third-order valence-electron chi connectivity index (χ3n) is 3.54. The van der Waals surface area contributed by atoms with Crippen LogP contribution in [0.5, 0.6) is 0 Å². The molecule has 0 N–H and O–H groups in total. The average Bonchev–Trinajstić information content (AvgIpc) is 3.00. The van der Waals surface area contributed by atoms with E-state index in [-0.39, 0.29) is 6.10 Å². The SMILES string of the molecule is CN(C)c1nccnc1C1CN(Cc2cccs2)CCO1. The van der Waals surface area contributed by atoms with Gasteiger partial charge in [-0.3, -0.25) is 9.88 Å². The Morgan fingerprint density at radius 3 is 3.00 bits per heavy atom. The molecule has 0 aliphatic carbocycles. The minimum absolute atomic E-state index is 0.00943. The fraction of sp³-hybridized carbons (Fsp3) is 0.467. The number of aromatic nitrogens is 2. The summed E-state index contributed by atoms with van der Waals surface area (Å²) in [6, 6.07) is 4.29. The molecule has 2 aromatic rings. The van der Waals surface area contributed by atoms with E-state index in [9.17, 15) is 0 Å². The number of ether oxygens (including phenoxy) is 1. The van der Waals surface area contributed by atoms with Crippen molar-refractivity contribution in [3.8, 4) is 0 Å². The van der Waals surface area contributed by atoms with Crippen LogP contribution in [-0.2, 0) is 11.3 Å². The third-order valence-corrected chi connectivity index (χ3v) is 4.41. The van der Waals surface area contributed by atoms with Crippen LogP contribution in [0.2, 0.25) is 0 Å². The second-order valence-electron chi connectivity index (χ2n) is 5.33. The Hall–Kier alpha value is -1.50. The van der Waals surface area contributed by atoms with Gasteiger partial charge in [0.15, 0.2) is 5.82 Å². The number of nitrogens with zero attached hydrogens (tertiary/aromatic N) is 4. The molecule has 1 unspecified atom stereocenters. The van der Waals surface area contributed by atoms with Crippen LogP contribution in [0.1, 0.15) is 16.7 Å². The molecule has 0 spiro atoms. The van der Waals surface area contributed by atoms with E-state index in [1.165, 1.54) is 4.88 Å². The molecule has 112 valence electrons. The molecular formula is C15H20N4OS. The zero-order valence-electron chi connectivity index (χ0n) is 12.4. The zero-order chi connectivity index (χ0) is 14.7. The third kappa shape index (κ3) is 3.40. The van der Waals surface area contributed by atoms with Crippen LogP contribution in [0.15, 0.2) is 29.9 Å². The van der Waals surface area contributed by atoms with Gasteiger partial charge in [-0.15, -0.1) is 11.3 Å². The molecule has 0 aromatic carbocycles. The van der Waals surface area contributed by atoms with Gasteiger partial charge in [-0.05, 0) is 11.4 Å². The maximum atomic E-state index is 5.94. The van der Waals surface area contributed by atoms with Crippen molar-refractivity contribution in [2.45, 2.75) is 12.6 Å². The first-order chi connectivity index (χ1) is 10.2. The fourth-order valence-corrected chi connectivity index (χ4v) is 3.29. The number of hydrogen-bond donors (Lipinski definition) is 0. The highest BCUT2D eigenvalue weighted by molar-refractivity contribution is 7.09. The minimum atomic E-state index is -0.00943. The van der Waals surface area contributed by atoms with E-state index < -0.39 is 0 Å². The molecule has 6 heteroatoms. The van der Waals surface area contributed by atoms with Gasteiger partial charge in [-0.25, -0.2) is 4.98 Å². The van der Waals surface area contributed by atoms with Gasteiger partial charge in [0, 0.05) is 51.0 Å².